The van der Waals surface area contributed by atoms with E-state index in [-0.39, 0.29) is 28.3 Å². The highest BCUT2D eigenvalue weighted by atomic mass is 35.5. The summed E-state index contributed by atoms with van der Waals surface area (Å²) >= 11 is 6.45. The molecule has 0 aliphatic rings. The van der Waals surface area contributed by atoms with Gasteiger partial charge < -0.3 is 10.2 Å². The van der Waals surface area contributed by atoms with Gasteiger partial charge in [-0.2, -0.15) is 5.10 Å². The molecule has 1 N–H and O–H groups in total. The first-order chi connectivity index (χ1) is 14.3. The molecule has 30 heavy (non-hydrogen) atoms. The number of nitrogens with one attached hydrogen (secondary N) is 1. The summed E-state index contributed by atoms with van der Waals surface area (Å²) in [5.41, 5.74) is 2.96. The Kier molecular flexibility index (Phi) is 6.52. The van der Waals surface area contributed by atoms with E-state index in [1.54, 1.807) is 43.1 Å². The highest BCUT2D eigenvalue weighted by Gasteiger charge is 2.21. The molecule has 1 heterocycles. The second-order valence-corrected chi connectivity index (χ2v) is 7.38. The highest BCUT2D eigenvalue weighted by Crippen LogP contribution is 2.24. The van der Waals surface area contributed by atoms with Gasteiger partial charge in [0, 0.05) is 26.2 Å². The van der Waals surface area contributed by atoms with Gasteiger partial charge in [-0.15, -0.1) is 0 Å². The average molecular weight is 429 g/mol. The lowest BCUT2D eigenvalue weighted by molar-refractivity contribution is -0.128. The first kappa shape index (κ1) is 21.5. The van der Waals surface area contributed by atoms with Crippen LogP contribution in [0.5, 0.6) is 0 Å². The van der Waals surface area contributed by atoms with Gasteiger partial charge in [0.05, 0.1) is 17.8 Å². The number of hydrogen-bond donors (Lipinski definition) is 1. The number of hydrogen-bond acceptors (Lipinski definition) is 3. The number of benzene rings is 2. The van der Waals surface area contributed by atoms with Crippen LogP contribution < -0.4 is 5.32 Å². The number of carbonyl (C=O) groups excluding carboxylic acids is 2. The van der Waals surface area contributed by atoms with Crippen molar-refractivity contribution in [3.63, 3.8) is 0 Å². The van der Waals surface area contributed by atoms with Crippen LogP contribution in [0.3, 0.4) is 0 Å². The van der Waals surface area contributed by atoms with E-state index in [0.29, 0.717) is 24.5 Å². The van der Waals surface area contributed by atoms with Gasteiger partial charge in [-0.25, -0.2) is 9.07 Å². The minimum Gasteiger partial charge on any atom is -0.342 e. The van der Waals surface area contributed by atoms with E-state index in [1.807, 2.05) is 12.1 Å². The number of halogens is 2. The molecule has 6 nitrogen and oxygen atoms in total. The van der Waals surface area contributed by atoms with Gasteiger partial charge in [0.25, 0.3) is 5.91 Å². The third kappa shape index (κ3) is 4.86. The first-order valence-corrected chi connectivity index (χ1v) is 9.72. The van der Waals surface area contributed by atoms with Crippen LogP contribution in [-0.2, 0) is 17.9 Å². The number of nitrogens with zero attached hydrogens (tertiary/aromatic N) is 3. The van der Waals surface area contributed by atoms with E-state index >= 15 is 0 Å². The zero-order valence-electron chi connectivity index (χ0n) is 16.9. The van der Waals surface area contributed by atoms with Crippen LogP contribution in [0.15, 0.2) is 48.5 Å². The predicted octanol–water partition coefficient (Wildman–Crippen LogP) is 4.26. The zero-order valence-corrected chi connectivity index (χ0v) is 17.7. The molecule has 2 aromatic carbocycles. The Bertz CT molecular complexity index is 1080. The molecule has 0 bridgehead atoms. The summed E-state index contributed by atoms with van der Waals surface area (Å²) in [5.74, 6) is -0.784. The molecule has 0 aliphatic heterocycles. The first-order valence-electron chi connectivity index (χ1n) is 9.34. The van der Waals surface area contributed by atoms with Crippen LogP contribution in [0.2, 0.25) is 5.15 Å². The van der Waals surface area contributed by atoms with Gasteiger partial charge in [0.1, 0.15) is 11.0 Å². The fourth-order valence-electron chi connectivity index (χ4n) is 3.01. The number of rotatable bonds is 6. The number of anilines is 1. The molecular weight excluding hydrogens is 407 g/mol. The molecule has 1 aromatic heterocycles. The molecule has 8 heteroatoms. The van der Waals surface area contributed by atoms with Crippen molar-refractivity contribution in [2.75, 3.05) is 12.4 Å². The maximum absolute atomic E-state index is 13.1. The lowest BCUT2D eigenvalue weighted by Gasteiger charge is -2.18. The largest absolute Gasteiger partial charge is 0.342 e. The molecule has 0 unspecified atom stereocenters. The smallest absolute Gasteiger partial charge is 0.260 e. The third-order valence-corrected chi connectivity index (χ3v) is 5.13. The van der Waals surface area contributed by atoms with Crippen molar-refractivity contribution in [2.24, 2.45) is 0 Å². The van der Waals surface area contributed by atoms with Crippen molar-refractivity contribution in [1.29, 1.82) is 0 Å². The summed E-state index contributed by atoms with van der Waals surface area (Å²) in [6.07, 6.45) is 0. The Hall–Kier alpha value is -3.19. The second kappa shape index (κ2) is 9.09. The zero-order chi connectivity index (χ0) is 21.8. The van der Waals surface area contributed by atoms with E-state index in [0.717, 1.165) is 11.1 Å². The Morgan fingerprint density at radius 2 is 1.83 bits per heavy atom. The predicted molar refractivity (Wildman–Crippen MR) is 114 cm³/mol. The lowest BCUT2D eigenvalue weighted by atomic mass is 10.1. The Morgan fingerprint density at radius 1 is 1.17 bits per heavy atom. The lowest BCUT2D eigenvalue weighted by Crippen LogP contribution is -2.24. The van der Waals surface area contributed by atoms with E-state index < -0.39 is 0 Å². The van der Waals surface area contributed by atoms with Crippen molar-refractivity contribution in [1.82, 2.24) is 14.7 Å². The third-order valence-electron chi connectivity index (χ3n) is 4.75. The highest BCUT2D eigenvalue weighted by molar-refractivity contribution is 6.33. The van der Waals surface area contributed by atoms with E-state index in [4.69, 9.17) is 11.6 Å². The van der Waals surface area contributed by atoms with E-state index in [2.05, 4.69) is 10.4 Å². The van der Waals surface area contributed by atoms with Gasteiger partial charge in [0.15, 0.2) is 0 Å². The summed E-state index contributed by atoms with van der Waals surface area (Å²) < 4.78 is 14.6. The van der Waals surface area contributed by atoms with Gasteiger partial charge >= 0.3 is 0 Å². The summed E-state index contributed by atoms with van der Waals surface area (Å²) in [4.78, 5) is 26.1. The minimum atomic E-state index is -0.388. The molecule has 0 atom stereocenters. The van der Waals surface area contributed by atoms with Gasteiger partial charge in [-0.05, 0) is 36.2 Å². The number of para-hydroxylation sites is 1. The van der Waals surface area contributed by atoms with E-state index in [1.165, 1.54) is 23.7 Å². The normalized spacial score (nSPS) is 10.7. The monoisotopic (exact) mass is 428 g/mol. The van der Waals surface area contributed by atoms with Crippen LogP contribution in [0.25, 0.3) is 0 Å². The summed E-state index contributed by atoms with van der Waals surface area (Å²) in [6.45, 7) is 3.87. The topological polar surface area (TPSA) is 67.2 Å². The fraction of sp³-hybridized carbons (Fsp3) is 0.227. The molecule has 2 amide bonds. The van der Waals surface area contributed by atoms with Crippen molar-refractivity contribution in [3.8, 4) is 0 Å². The molecule has 0 radical (unpaired) electrons. The molecule has 0 aliphatic carbocycles. The van der Waals surface area contributed by atoms with Crippen LogP contribution in [0.4, 0.5) is 10.1 Å². The maximum Gasteiger partial charge on any atom is 0.260 e. The quantitative estimate of drug-likeness (QED) is 0.637. The Balaban J connectivity index is 1.82. The van der Waals surface area contributed by atoms with Crippen LogP contribution >= 0.6 is 11.6 Å². The van der Waals surface area contributed by atoms with Crippen molar-refractivity contribution in [3.05, 3.63) is 81.9 Å². The Labute approximate surface area is 179 Å². The number of carbonyl (C=O) groups is 2. The van der Waals surface area contributed by atoms with Crippen molar-refractivity contribution in [2.45, 2.75) is 26.9 Å². The standard InChI is InChI=1S/C22H22ClFN4O2/c1-14-20(21(23)28(26-14)12-16-8-10-18(24)11-9-16)22(30)25-19-7-5-4-6-17(19)13-27(3)15(2)29/h4-11H,12-13H2,1-3H3,(H,25,30). The van der Waals surface area contributed by atoms with Crippen LogP contribution in [0, 0.1) is 12.7 Å². The number of amides is 2. The minimum absolute atomic E-state index is 0.0721. The average Bonchev–Trinajstić information content (AvgIpc) is 2.98. The molecule has 3 aromatic rings. The molecule has 0 spiro atoms. The molecule has 0 fully saturated rings. The van der Waals surface area contributed by atoms with Gasteiger partial charge in [-0.1, -0.05) is 41.9 Å². The van der Waals surface area contributed by atoms with Crippen LogP contribution in [-0.4, -0.2) is 33.5 Å². The van der Waals surface area contributed by atoms with Gasteiger partial charge in [-0.3, -0.25) is 9.59 Å². The maximum atomic E-state index is 13.1. The molecular formula is C22H22ClFN4O2. The van der Waals surface area contributed by atoms with Crippen molar-refractivity contribution >= 4 is 29.1 Å². The van der Waals surface area contributed by atoms with E-state index in [9.17, 15) is 14.0 Å². The Morgan fingerprint density at radius 3 is 2.50 bits per heavy atom. The van der Waals surface area contributed by atoms with Gasteiger partial charge in [0.2, 0.25) is 5.91 Å². The van der Waals surface area contributed by atoms with Crippen LogP contribution in [0.1, 0.15) is 34.1 Å². The summed E-state index contributed by atoms with van der Waals surface area (Å²) in [5, 5.41) is 7.44. The number of aromatic nitrogens is 2. The summed E-state index contributed by atoms with van der Waals surface area (Å²) in [7, 11) is 1.70. The second-order valence-electron chi connectivity index (χ2n) is 7.02. The SMILES string of the molecule is CC(=O)N(C)Cc1ccccc1NC(=O)c1c(C)nn(Cc2ccc(F)cc2)c1Cl. The summed E-state index contributed by atoms with van der Waals surface area (Å²) in [6, 6.07) is 13.3. The fourth-order valence-corrected chi connectivity index (χ4v) is 3.33. The molecule has 0 saturated carbocycles. The molecule has 0 saturated heterocycles. The molecule has 3 rings (SSSR count). The van der Waals surface area contributed by atoms with Crippen molar-refractivity contribution < 1.29 is 14.0 Å². The molecule has 156 valence electrons. The number of aryl methyl sites for hydroxylation is 1.